The van der Waals surface area contributed by atoms with Crippen molar-refractivity contribution in [3.8, 4) is 22.8 Å². The Labute approximate surface area is 155 Å². The number of aromatic nitrogens is 4. The molecule has 4 aromatic rings. The molecule has 1 aromatic carbocycles. The summed E-state index contributed by atoms with van der Waals surface area (Å²) in [5.41, 5.74) is 2.93. The van der Waals surface area contributed by atoms with E-state index in [-0.39, 0.29) is 0 Å². The third kappa shape index (κ3) is 3.01. The molecule has 0 aliphatic rings. The van der Waals surface area contributed by atoms with Crippen LogP contribution in [0, 0.1) is 0 Å². The van der Waals surface area contributed by atoms with Crippen LogP contribution in [0.1, 0.15) is 0 Å². The molecule has 26 heavy (non-hydrogen) atoms. The lowest BCUT2D eigenvalue weighted by Gasteiger charge is -2.10. The van der Waals surface area contributed by atoms with Crippen molar-refractivity contribution >= 4 is 17.4 Å². The van der Waals surface area contributed by atoms with Crippen molar-refractivity contribution in [2.75, 3.05) is 14.2 Å². The number of hydrogen-bond acceptors (Lipinski definition) is 5. The molecule has 0 bridgehead atoms. The van der Waals surface area contributed by atoms with E-state index in [9.17, 15) is 0 Å². The summed E-state index contributed by atoms with van der Waals surface area (Å²) in [5.74, 6) is 1.61. The second-order valence-corrected chi connectivity index (χ2v) is 6.87. The summed E-state index contributed by atoms with van der Waals surface area (Å²) in [4.78, 5) is 6.56. The normalized spacial score (nSPS) is 11.0. The molecule has 0 aliphatic heterocycles. The molecule has 0 radical (unpaired) electrons. The molecule has 0 spiro atoms. The van der Waals surface area contributed by atoms with Crippen LogP contribution in [-0.4, -0.2) is 33.4 Å². The zero-order valence-corrected chi connectivity index (χ0v) is 15.5. The summed E-state index contributed by atoms with van der Waals surface area (Å²) >= 11 is 1.62. The van der Waals surface area contributed by atoms with Crippen molar-refractivity contribution in [1.29, 1.82) is 0 Å². The van der Waals surface area contributed by atoms with Gasteiger partial charge in [0.25, 0.3) is 0 Å². The van der Waals surface area contributed by atoms with E-state index in [1.54, 1.807) is 30.7 Å². The fourth-order valence-electron chi connectivity index (χ4n) is 2.78. The monoisotopic (exact) mass is 366 g/mol. The van der Waals surface area contributed by atoms with Gasteiger partial charge in [-0.25, -0.2) is 4.98 Å². The zero-order chi connectivity index (χ0) is 18.1. The fraction of sp³-hybridized carbons (Fsp3) is 0.158. The molecule has 3 aromatic heterocycles. The second kappa shape index (κ2) is 6.76. The van der Waals surface area contributed by atoms with Crippen molar-refractivity contribution in [3.63, 3.8) is 0 Å². The van der Waals surface area contributed by atoms with E-state index < -0.39 is 0 Å². The number of rotatable bonds is 5. The van der Waals surface area contributed by atoms with Crippen LogP contribution in [-0.2, 0) is 7.05 Å². The average molecular weight is 366 g/mol. The van der Waals surface area contributed by atoms with Gasteiger partial charge >= 0.3 is 0 Å². The molecule has 7 heteroatoms. The minimum Gasteiger partial charge on any atom is -0.497 e. The molecule has 0 fully saturated rings. The largest absolute Gasteiger partial charge is 0.497 e. The highest BCUT2D eigenvalue weighted by Crippen LogP contribution is 2.37. The molecule has 0 atom stereocenters. The highest BCUT2D eigenvalue weighted by atomic mass is 32.2. The fourth-order valence-corrected chi connectivity index (χ4v) is 3.75. The van der Waals surface area contributed by atoms with Gasteiger partial charge in [-0.1, -0.05) is 11.8 Å². The first kappa shape index (κ1) is 16.5. The summed E-state index contributed by atoms with van der Waals surface area (Å²) in [6, 6.07) is 9.85. The van der Waals surface area contributed by atoms with Crippen LogP contribution in [0.2, 0.25) is 0 Å². The van der Waals surface area contributed by atoms with Gasteiger partial charge in [0.15, 0.2) is 0 Å². The number of pyridine rings is 1. The standard InChI is InChI=1S/C19H18N4O2S/c1-22-11-13(9-21-22)16-10-20-19-7-5-15(12-23(16)19)26-18-8-14(24-2)4-6-17(18)25-3/h4-12H,1-3H3. The van der Waals surface area contributed by atoms with Gasteiger partial charge in [-0.15, -0.1) is 0 Å². The molecule has 0 N–H and O–H groups in total. The number of ether oxygens (including phenoxy) is 2. The van der Waals surface area contributed by atoms with Crippen molar-refractivity contribution in [2.24, 2.45) is 7.05 Å². The van der Waals surface area contributed by atoms with E-state index in [0.29, 0.717) is 0 Å². The maximum atomic E-state index is 5.48. The molecule has 0 saturated heterocycles. The Hall–Kier alpha value is -2.93. The first-order chi connectivity index (χ1) is 12.7. The third-order valence-electron chi connectivity index (χ3n) is 4.08. The smallest absolute Gasteiger partial charge is 0.137 e. The van der Waals surface area contributed by atoms with E-state index in [0.717, 1.165) is 38.2 Å². The Bertz CT molecular complexity index is 1070. The lowest BCUT2D eigenvalue weighted by atomic mass is 10.3. The Morgan fingerprint density at radius 3 is 2.62 bits per heavy atom. The summed E-state index contributed by atoms with van der Waals surface area (Å²) in [7, 11) is 5.24. The van der Waals surface area contributed by atoms with Crippen molar-refractivity contribution < 1.29 is 9.47 Å². The number of imidazole rings is 1. The highest BCUT2D eigenvalue weighted by Gasteiger charge is 2.11. The summed E-state index contributed by atoms with van der Waals surface area (Å²) < 4.78 is 14.7. The Morgan fingerprint density at radius 2 is 1.88 bits per heavy atom. The van der Waals surface area contributed by atoms with Gasteiger partial charge in [-0.3, -0.25) is 9.08 Å². The zero-order valence-electron chi connectivity index (χ0n) is 14.7. The van der Waals surface area contributed by atoms with Crippen LogP contribution in [0.15, 0.2) is 64.9 Å². The third-order valence-corrected chi connectivity index (χ3v) is 5.09. The Morgan fingerprint density at radius 1 is 1.00 bits per heavy atom. The SMILES string of the molecule is COc1ccc(OC)c(Sc2ccc3ncc(-c4cnn(C)c4)n3c2)c1. The van der Waals surface area contributed by atoms with E-state index in [2.05, 4.69) is 26.7 Å². The quantitative estimate of drug-likeness (QED) is 0.536. The van der Waals surface area contributed by atoms with Crippen LogP contribution in [0.4, 0.5) is 0 Å². The van der Waals surface area contributed by atoms with Crippen LogP contribution < -0.4 is 9.47 Å². The van der Waals surface area contributed by atoms with E-state index in [1.165, 1.54) is 0 Å². The van der Waals surface area contributed by atoms with Crippen molar-refractivity contribution in [1.82, 2.24) is 19.2 Å². The van der Waals surface area contributed by atoms with Crippen LogP contribution in [0.3, 0.4) is 0 Å². The van der Waals surface area contributed by atoms with Gasteiger partial charge in [0.05, 0.1) is 37.2 Å². The molecule has 3 heterocycles. The molecule has 132 valence electrons. The van der Waals surface area contributed by atoms with Gasteiger partial charge in [0.1, 0.15) is 17.1 Å². The highest BCUT2D eigenvalue weighted by molar-refractivity contribution is 7.99. The molecular weight excluding hydrogens is 348 g/mol. The number of methoxy groups -OCH3 is 2. The lowest BCUT2D eigenvalue weighted by molar-refractivity contribution is 0.394. The molecule has 0 unspecified atom stereocenters. The van der Waals surface area contributed by atoms with Gasteiger partial charge in [-0.2, -0.15) is 5.10 Å². The maximum absolute atomic E-state index is 5.48. The first-order valence-electron chi connectivity index (χ1n) is 8.04. The topological polar surface area (TPSA) is 53.6 Å². The number of fused-ring (bicyclic) bond motifs is 1. The number of benzene rings is 1. The van der Waals surface area contributed by atoms with Gasteiger partial charge < -0.3 is 9.47 Å². The predicted octanol–water partition coefficient (Wildman–Crippen LogP) is 3.90. The van der Waals surface area contributed by atoms with Gasteiger partial charge in [0, 0.05) is 29.9 Å². The number of aryl methyl sites for hydroxylation is 1. The maximum Gasteiger partial charge on any atom is 0.137 e. The second-order valence-electron chi connectivity index (χ2n) is 5.76. The lowest BCUT2D eigenvalue weighted by Crippen LogP contribution is -1.91. The summed E-state index contributed by atoms with van der Waals surface area (Å²) in [6.45, 7) is 0. The van der Waals surface area contributed by atoms with Crippen molar-refractivity contribution in [2.45, 2.75) is 9.79 Å². The van der Waals surface area contributed by atoms with Crippen LogP contribution in [0.25, 0.3) is 16.9 Å². The minimum absolute atomic E-state index is 0.799. The number of hydrogen-bond donors (Lipinski definition) is 0. The average Bonchev–Trinajstić information content (AvgIpc) is 3.27. The van der Waals surface area contributed by atoms with E-state index >= 15 is 0 Å². The molecule has 0 aliphatic carbocycles. The first-order valence-corrected chi connectivity index (χ1v) is 8.85. The van der Waals surface area contributed by atoms with Gasteiger partial charge in [0.2, 0.25) is 0 Å². The van der Waals surface area contributed by atoms with E-state index in [4.69, 9.17) is 9.47 Å². The number of nitrogens with zero attached hydrogens (tertiary/aromatic N) is 4. The van der Waals surface area contributed by atoms with E-state index in [1.807, 2.05) is 49.9 Å². The summed E-state index contributed by atoms with van der Waals surface area (Å²) in [6.07, 6.45) is 7.77. The molecule has 4 rings (SSSR count). The predicted molar refractivity (Wildman–Crippen MR) is 101 cm³/mol. The molecule has 0 saturated carbocycles. The molecular formula is C19H18N4O2S. The molecule has 6 nitrogen and oxygen atoms in total. The van der Waals surface area contributed by atoms with Crippen LogP contribution >= 0.6 is 11.8 Å². The molecule has 0 amide bonds. The van der Waals surface area contributed by atoms with Crippen molar-refractivity contribution in [3.05, 3.63) is 55.1 Å². The minimum atomic E-state index is 0.799. The summed E-state index contributed by atoms with van der Waals surface area (Å²) in [5, 5.41) is 4.25. The Balaban J connectivity index is 1.74. The van der Waals surface area contributed by atoms with Gasteiger partial charge in [-0.05, 0) is 30.3 Å². The van der Waals surface area contributed by atoms with Crippen LogP contribution in [0.5, 0.6) is 11.5 Å². The Kier molecular flexibility index (Phi) is 4.30.